The number of fused-ring (bicyclic) bond motifs is 2. The molecule has 3 aromatic heterocycles. The Hall–Kier alpha value is -3.72. The van der Waals surface area contributed by atoms with E-state index in [9.17, 15) is 19.5 Å². The molecule has 0 unspecified atom stereocenters. The van der Waals surface area contributed by atoms with E-state index in [4.69, 9.17) is 0 Å². The van der Waals surface area contributed by atoms with Crippen LogP contribution in [-0.2, 0) is 24.9 Å². The van der Waals surface area contributed by atoms with Crippen LogP contribution in [0.3, 0.4) is 0 Å². The molecule has 0 spiro atoms. The lowest BCUT2D eigenvalue weighted by molar-refractivity contribution is -0.115. The van der Waals surface area contributed by atoms with Gasteiger partial charge < -0.3 is 15.4 Å². The lowest BCUT2D eigenvalue weighted by Crippen LogP contribution is -2.23. The number of aromatic amines is 2. The number of benzene rings is 1. The van der Waals surface area contributed by atoms with E-state index in [2.05, 4.69) is 20.4 Å². The summed E-state index contributed by atoms with van der Waals surface area (Å²) in [7, 11) is 1.63. The fourth-order valence-electron chi connectivity index (χ4n) is 3.80. The zero-order valence-electron chi connectivity index (χ0n) is 16.8. The molecule has 0 atom stereocenters. The second kappa shape index (κ2) is 7.27. The number of carbonyl (C=O) groups is 1. The van der Waals surface area contributed by atoms with Gasteiger partial charge in [0.2, 0.25) is 5.91 Å². The number of aliphatic hydroxyl groups is 1. The van der Waals surface area contributed by atoms with Crippen LogP contribution in [0.2, 0.25) is 0 Å². The third-order valence-corrected chi connectivity index (χ3v) is 5.24. The Balaban J connectivity index is 1.72. The van der Waals surface area contributed by atoms with Crippen molar-refractivity contribution < 1.29 is 9.90 Å². The van der Waals surface area contributed by atoms with Crippen molar-refractivity contribution in [2.45, 2.75) is 26.9 Å². The van der Waals surface area contributed by atoms with E-state index in [1.165, 1.54) is 4.68 Å². The molecule has 30 heavy (non-hydrogen) atoms. The van der Waals surface area contributed by atoms with E-state index in [0.717, 1.165) is 10.9 Å². The summed E-state index contributed by atoms with van der Waals surface area (Å²) < 4.78 is 1.44. The summed E-state index contributed by atoms with van der Waals surface area (Å²) in [5.41, 5.74) is 2.84. The van der Waals surface area contributed by atoms with Crippen LogP contribution in [0.1, 0.15) is 22.4 Å². The standard InChI is InChI=1S/C21H21N5O4/c1-10-7-12(9-27)13-5-4-6-15(18(13)22-10)23-16(28)8-14-11(2)17-19(24-20(14)29)26(3)25-21(17)30/h4-7,27H,8-9H2,1-3H3,(H,23,28)(H,24,29)(H,25,30). The zero-order chi connectivity index (χ0) is 21.6. The lowest BCUT2D eigenvalue weighted by atomic mass is 10.0. The zero-order valence-corrected chi connectivity index (χ0v) is 16.8. The fourth-order valence-corrected chi connectivity index (χ4v) is 3.80. The third kappa shape index (κ3) is 3.18. The number of nitrogens with zero attached hydrogens (tertiary/aromatic N) is 2. The number of amides is 1. The van der Waals surface area contributed by atoms with Gasteiger partial charge in [0.15, 0.2) is 0 Å². The predicted molar refractivity (Wildman–Crippen MR) is 114 cm³/mol. The van der Waals surface area contributed by atoms with E-state index < -0.39 is 11.5 Å². The van der Waals surface area contributed by atoms with E-state index >= 15 is 0 Å². The Morgan fingerprint density at radius 2 is 2.00 bits per heavy atom. The molecule has 0 fully saturated rings. The highest BCUT2D eigenvalue weighted by molar-refractivity contribution is 6.02. The van der Waals surface area contributed by atoms with Crippen molar-refractivity contribution in [3.8, 4) is 0 Å². The smallest absolute Gasteiger partial charge is 0.273 e. The van der Waals surface area contributed by atoms with Crippen LogP contribution in [0.5, 0.6) is 0 Å². The molecule has 4 N–H and O–H groups in total. The highest BCUT2D eigenvalue weighted by Crippen LogP contribution is 2.25. The van der Waals surface area contributed by atoms with Crippen molar-refractivity contribution in [1.82, 2.24) is 19.7 Å². The molecular formula is C21H21N5O4. The Labute approximate surface area is 170 Å². The normalized spacial score (nSPS) is 11.3. The van der Waals surface area contributed by atoms with Gasteiger partial charge in [0, 0.05) is 23.7 Å². The molecule has 0 bridgehead atoms. The van der Waals surface area contributed by atoms with Crippen molar-refractivity contribution in [2.75, 3.05) is 5.32 Å². The van der Waals surface area contributed by atoms with Crippen molar-refractivity contribution in [3.05, 3.63) is 67.4 Å². The first-order valence-electron chi connectivity index (χ1n) is 9.40. The Bertz CT molecular complexity index is 1430. The first-order chi connectivity index (χ1) is 14.3. The number of para-hydroxylation sites is 1. The summed E-state index contributed by atoms with van der Waals surface area (Å²) in [5, 5.41) is 16.1. The number of aromatic nitrogens is 4. The summed E-state index contributed by atoms with van der Waals surface area (Å²) in [4.78, 5) is 44.6. The molecule has 0 saturated heterocycles. The van der Waals surface area contributed by atoms with Gasteiger partial charge >= 0.3 is 0 Å². The minimum atomic E-state index is -0.417. The highest BCUT2D eigenvalue weighted by Gasteiger charge is 2.18. The molecule has 4 rings (SSSR count). The van der Waals surface area contributed by atoms with Gasteiger partial charge in [-0.05, 0) is 37.1 Å². The molecule has 0 aliphatic carbocycles. The van der Waals surface area contributed by atoms with Crippen molar-refractivity contribution in [3.63, 3.8) is 0 Å². The number of rotatable bonds is 4. The Kier molecular flexibility index (Phi) is 4.75. The summed E-state index contributed by atoms with van der Waals surface area (Å²) in [5.74, 6) is -0.406. The maximum absolute atomic E-state index is 12.8. The Morgan fingerprint density at radius 1 is 1.23 bits per heavy atom. The number of aliphatic hydroxyl groups excluding tert-OH is 1. The van der Waals surface area contributed by atoms with Crippen LogP contribution in [0.15, 0.2) is 33.9 Å². The second-order valence-corrected chi connectivity index (χ2v) is 7.29. The van der Waals surface area contributed by atoms with E-state index in [-0.39, 0.29) is 24.2 Å². The summed E-state index contributed by atoms with van der Waals surface area (Å²) in [6.07, 6.45) is -0.194. The SMILES string of the molecule is Cc1cc(CO)c2cccc(NC(=O)Cc3c(C)c4c(=O)[nH]n(C)c4[nH]c3=O)c2n1. The van der Waals surface area contributed by atoms with Gasteiger partial charge in [-0.25, -0.2) is 0 Å². The molecule has 0 aliphatic rings. The molecule has 3 heterocycles. The average Bonchev–Trinajstić information content (AvgIpc) is 2.98. The van der Waals surface area contributed by atoms with Gasteiger partial charge in [0.1, 0.15) is 5.65 Å². The van der Waals surface area contributed by atoms with E-state index in [1.807, 2.05) is 13.0 Å². The topological polar surface area (TPSA) is 133 Å². The van der Waals surface area contributed by atoms with Crippen molar-refractivity contribution in [2.24, 2.45) is 7.05 Å². The maximum atomic E-state index is 12.8. The summed E-state index contributed by atoms with van der Waals surface area (Å²) in [6.45, 7) is 3.33. The number of hydrogen-bond donors (Lipinski definition) is 4. The van der Waals surface area contributed by atoms with Gasteiger partial charge in [-0.15, -0.1) is 0 Å². The molecule has 9 nitrogen and oxygen atoms in total. The molecular weight excluding hydrogens is 386 g/mol. The molecule has 154 valence electrons. The minimum absolute atomic E-state index is 0.141. The number of carbonyl (C=O) groups excluding carboxylic acids is 1. The monoisotopic (exact) mass is 407 g/mol. The van der Waals surface area contributed by atoms with Crippen molar-refractivity contribution >= 4 is 33.5 Å². The molecule has 0 radical (unpaired) electrons. The van der Waals surface area contributed by atoms with Crippen LogP contribution >= 0.6 is 0 Å². The number of H-pyrrole nitrogens is 2. The molecule has 0 saturated carbocycles. The molecule has 1 amide bonds. The first-order valence-corrected chi connectivity index (χ1v) is 9.40. The molecule has 1 aromatic carbocycles. The predicted octanol–water partition coefficient (Wildman–Crippen LogP) is 1.39. The van der Waals surface area contributed by atoms with E-state index in [1.54, 1.807) is 32.2 Å². The van der Waals surface area contributed by atoms with Crippen LogP contribution in [0.25, 0.3) is 21.9 Å². The third-order valence-electron chi connectivity index (χ3n) is 5.24. The van der Waals surface area contributed by atoms with Gasteiger partial charge in [-0.1, -0.05) is 12.1 Å². The molecule has 0 aliphatic heterocycles. The van der Waals surface area contributed by atoms with Gasteiger partial charge in [-0.3, -0.25) is 29.1 Å². The van der Waals surface area contributed by atoms with E-state index in [0.29, 0.717) is 33.5 Å². The Morgan fingerprint density at radius 3 is 2.73 bits per heavy atom. The van der Waals surface area contributed by atoms with Crippen LogP contribution in [-0.4, -0.2) is 30.8 Å². The molecule has 4 aromatic rings. The largest absolute Gasteiger partial charge is 0.392 e. The number of hydrogen-bond acceptors (Lipinski definition) is 5. The average molecular weight is 407 g/mol. The van der Waals surface area contributed by atoms with Crippen LogP contribution in [0, 0.1) is 13.8 Å². The number of pyridine rings is 2. The number of nitrogens with one attached hydrogen (secondary N) is 3. The van der Waals surface area contributed by atoms with Crippen molar-refractivity contribution in [1.29, 1.82) is 0 Å². The maximum Gasteiger partial charge on any atom is 0.273 e. The van der Waals surface area contributed by atoms with Gasteiger partial charge in [-0.2, -0.15) is 0 Å². The lowest BCUT2D eigenvalue weighted by Gasteiger charge is -2.12. The van der Waals surface area contributed by atoms with Crippen LogP contribution in [0.4, 0.5) is 5.69 Å². The fraction of sp³-hybridized carbons (Fsp3) is 0.238. The number of aryl methyl sites for hydroxylation is 3. The minimum Gasteiger partial charge on any atom is -0.392 e. The quantitative estimate of drug-likeness (QED) is 0.406. The highest BCUT2D eigenvalue weighted by atomic mass is 16.3. The summed E-state index contributed by atoms with van der Waals surface area (Å²) >= 11 is 0. The molecule has 9 heteroatoms. The summed E-state index contributed by atoms with van der Waals surface area (Å²) in [6, 6.07) is 7.11. The first kappa shape index (κ1) is 19.6. The number of anilines is 1. The van der Waals surface area contributed by atoms with Crippen LogP contribution < -0.4 is 16.4 Å². The second-order valence-electron chi connectivity index (χ2n) is 7.29. The van der Waals surface area contributed by atoms with Gasteiger partial charge in [0.25, 0.3) is 11.1 Å². The van der Waals surface area contributed by atoms with Gasteiger partial charge in [0.05, 0.1) is 29.6 Å².